The molecule has 6 heteroatoms. The number of ether oxygens (including phenoxy) is 3. The van der Waals surface area contributed by atoms with Crippen LogP contribution in [-0.4, -0.2) is 37.2 Å². The van der Waals surface area contributed by atoms with Crippen LogP contribution in [0, 0.1) is 0 Å². The molecule has 0 aliphatic rings. The fourth-order valence-electron chi connectivity index (χ4n) is 7.57. The first-order valence-electron chi connectivity index (χ1n) is 29.0. The average Bonchev–Trinajstić information content (AvgIpc) is 3.37. The molecule has 402 valence electrons. The maximum atomic E-state index is 12.8. The molecule has 0 rings (SSSR count). The van der Waals surface area contributed by atoms with Gasteiger partial charge >= 0.3 is 17.9 Å². The van der Waals surface area contributed by atoms with Crippen molar-refractivity contribution in [3.8, 4) is 0 Å². The molecule has 0 aliphatic carbocycles. The molecular weight excluding hydrogens is 877 g/mol. The largest absolute Gasteiger partial charge is 0.462 e. The van der Waals surface area contributed by atoms with Crippen LogP contribution in [0.2, 0.25) is 0 Å². The SMILES string of the molecule is CC/C=C\C/C=C\C/C=C\C/C=C\C/C=C\CCCC(=O)OC(COC(=O)CCCCCCC/C=C\C/C=C\CCCCC)COC(=O)CCCCCCCC/C=C\C/C=C\C/C=C\CCCCCCC. The molecule has 0 aromatic rings. The minimum atomic E-state index is -0.823. The van der Waals surface area contributed by atoms with Gasteiger partial charge in [-0.15, -0.1) is 0 Å². The van der Waals surface area contributed by atoms with Crippen LogP contribution in [0.15, 0.2) is 122 Å². The first kappa shape index (κ1) is 66.8. The number of allylic oxidation sites excluding steroid dienone is 20. The molecule has 0 heterocycles. The lowest BCUT2D eigenvalue weighted by Crippen LogP contribution is -2.30. The van der Waals surface area contributed by atoms with Crippen molar-refractivity contribution in [3.63, 3.8) is 0 Å². The van der Waals surface area contributed by atoms with E-state index in [0.29, 0.717) is 19.3 Å². The highest BCUT2D eigenvalue weighted by molar-refractivity contribution is 5.71. The van der Waals surface area contributed by atoms with Crippen LogP contribution in [-0.2, 0) is 28.6 Å². The Bertz CT molecular complexity index is 1500. The van der Waals surface area contributed by atoms with Crippen LogP contribution >= 0.6 is 0 Å². The highest BCUT2D eigenvalue weighted by Crippen LogP contribution is 2.13. The second kappa shape index (κ2) is 58.4. The number of carbonyl (C=O) groups is 3. The van der Waals surface area contributed by atoms with Gasteiger partial charge in [-0.05, 0) is 128 Å². The van der Waals surface area contributed by atoms with Crippen molar-refractivity contribution in [2.24, 2.45) is 0 Å². The fourth-order valence-corrected chi connectivity index (χ4v) is 7.57. The lowest BCUT2D eigenvalue weighted by atomic mass is 10.1. The summed E-state index contributed by atoms with van der Waals surface area (Å²) >= 11 is 0. The Kier molecular flexibility index (Phi) is 54.9. The Balaban J connectivity index is 4.52. The third-order valence-corrected chi connectivity index (χ3v) is 11.9. The normalized spacial score (nSPS) is 13.0. The van der Waals surface area contributed by atoms with Crippen molar-refractivity contribution in [1.29, 1.82) is 0 Å². The zero-order valence-corrected chi connectivity index (χ0v) is 45.9. The number of esters is 3. The topological polar surface area (TPSA) is 78.9 Å². The van der Waals surface area contributed by atoms with E-state index in [1.807, 2.05) is 0 Å². The molecule has 1 unspecified atom stereocenters. The van der Waals surface area contributed by atoms with E-state index >= 15 is 0 Å². The molecular formula is C65H106O6. The second-order valence-corrected chi connectivity index (χ2v) is 18.8. The van der Waals surface area contributed by atoms with Gasteiger partial charge in [0.2, 0.25) is 0 Å². The summed E-state index contributed by atoms with van der Waals surface area (Å²) in [7, 11) is 0. The predicted molar refractivity (Wildman–Crippen MR) is 306 cm³/mol. The van der Waals surface area contributed by atoms with Crippen molar-refractivity contribution < 1.29 is 28.6 Å². The minimum absolute atomic E-state index is 0.115. The highest BCUT2D eigenvalue weighted by Gasteiger charge is 2.19. The summed E-state index contributed by atoms with van der Waals surface area (Å²) in [6.07, 6.45) is 80.5. The minimum Gasteiger partial charge on any atom is -0.462 e. The summed E-state index contributed by atoms with van der Waals surface area (Å²) in [4.78, 5) is 38.2. The summed E-state index contributed by atoms with van der Waals surface area (Å²) < 4.78 is 16.8. The van der Waals surface area contributed by atoms with E-state index in [2.05, 4.69) is 142 Å². The monoisotopic (exact) mass is 983 g/mol. The molecule has 0 aromatic heterocycles. The number of hydrogen-bond donors (Lipinski definition) is 0. The number of carbonyl (C=O) groups excluding carboxylic acids is 3. The third kappa shape index (κ3) is 56.6. The zero-order valence-electron chi connectivity index (χ0n) is 45.9. The lowest BCUT2D eigenvalue weighted by molar-refractivity contribution is -0.167. The lowest BCUT2D eigenvalue weighted by Gasteiger charge is -2.18. The Hall–Kier alpha value is -4.19. The molecule has 0 saturated heterocycles. The zero-order chi connectivity index (χ0) is 51.4. The average molecular weight is 984 g/mol. The van der Waals surface area contributed by atoms with E-state index in [-0.39, 0.29) is 37.5 Å². The summed E-state index contributed by atoms with van der Waals surface area (Å²) in [6, 6.07) is 0. The van der Waals surface area contributed by atoms with Gasteiger partial charge in [-0.1, -0.05) is 226 Å². The van der Waals surface area contributed by atoms with E-state index in [0.717, 1.165) is 128 Å². The van der Waals surface area contributed by atoms with Crippen LogP contribution in [0.1, 0.15) is 252 Å². The van der Waals surface area contributed by atoms with Gasteiger partial charge in [0.15, 0.2) is 6.10 Å². The molecule has 0 fully saturated rings. The van der Waals surface area contributed by atoms with Gasteiger partial charge in [-0.25, -0.2) is 0 Å². The standard InChI is InChI=1S/C65H106O6/c1-4-7-10-13-16-19-22-25-28-30-31-32-33-35-37-40-43-46-49-52-55-58-64(67)70-61-62(60-69-63(66)57-54-51-48-45-42-39-36-27-24-21-18-15-12-9-6-3)71-65(68)59-56-53-50-47-44-41-38-34-29-26-23-20-17-14-11-8-5-2/h8,11,17-18,20-22,25-27,29-31,33,35-36,38,41,47,50,62H,4-7,9-10,12-16,19,23-24,28,32,34,37,39-40,42-46,48-49,51-61H2,1-3H3/b11-8-,20-17-,21-18-,25-22-,29-26-,31-30-,35-33-,36-27-,41-38-,50-47-. The maximum Gasteiger partial charge on any atom is 0.306 e. The summed E-state index contributed by atoms with van der Waals surface area (Å²) in [6.45, 7) is 6.41. The van der Waals surface area contributed by atoms with Gasteiger partial charge in [0.25, 0.3) is 0 Å². The van der Waals surface area contributed by atoms with Gasteiger partial charge in [0, 0.05) is 19.3 Å². The van der Waals surface area contributed by atoms with Gasteiger partial charge in [-0.3, -0.25) is 14.4 Å². The summed E-state index contributed by atoms with van der Waals surface area (Å²) in [5.74, 6) is -1.00. The molecule has 0 amide bonds. The third-order valence-electron chi connectivity index (χ3n) is 11.9. The Morgan fingerprint density at radius 1 is 0.296 bits per heavy atom. The smallest absolute Gasteiger partial charge is 0.306 e. The van der Waals surface area contributed by atoms with E-state index < -0.39 is 6.10 Å². The first-order valence-corrected chi connectivity index (χ1v) is 29.0. The second-order valence-electron chi connectivity index (χ2n) is 18.8. The highest BCUT2D eigenvalue weighted by atomic mass is 16.6. The quantitative estimate of drug-likeness (QED) is 0.0261. The van der Waals surface area contributed by atoms with E-state index in [9.17, 15) is 14.4 Å². The van der Waals surface area contributed by atoms with Crippen molar-refractivity contribution >= 4 is 17.9 Å². The van der Waals surface area contributed by atoms with Crippen LogP contribution in [0.25, 0.3) is 0 Å². The van der Waals surface area contributed by atoms with Crippen molar-refractivity contribution in [3.05, 3.63) is 122 Å². The van der Waals surface area contributed by atoms with Crippen LogP contribution < -0.4 is 0 Å². The fraction of sp³-hybridized carbons (Fsp3) is 0.646. The first-order chi connectivity index (χ1) is 35.0. The van der Waals surface area contributed by atoms with Crippen LogP contribution in [0.3, 0.4) is 0 Å². The number of hydrogen-bond acceptors (Lipinski definition) is 6. The predicted octanol–water partition coefficient (Wildman–Crippen LogP) is 19.6. The van der Waals surface area contributed by atoms with Crippen molar-refractivity contribution in [2.75, 3.05) is 13.2 Å². The molecule has 0 bridgehead atoms. The molecule has 1 atom stereocenters. The van der Waals surface area contributed by atoms with E-state index in [1.54, 1.807) is 0 Å². The van der Waals surface area contributed by atoms with Gasteiger partial charge in [-0.2, -0.15) is 0 Å². The Labute approximate surface area is 437 Å². The Morgan fingerprint density at radius 2 is 0.563 bits per heavy atom. The Morgan fingerprint density at radius 3 is 0.930 bits per heavy atom. The molecule has 0 aliphatic heterocycles. The molecule has 0 aromatic carbocycles. The van der Waals surface area contributed by atoms with Gasteiger partial charge in [0.05, 0.1) is 0 Å². The van der Waals surface area contributed by atoms with E-state index in [4.69, 9.17) is 14.2 Å². The molecule has 71 heavy (non-hydrogen) atoms. The van der Waals surface area contributed by atoms with Crippen LogP contribution in [0.4, 0.5) is 0 Å². The summed E-state index contributed by atoms with van der Waals surface area (Å²) in [5.41, 5.74) is 0. The van der Waals surface area contributed by atoms with Gasteiger partial charge < -0.3 is 14.2 Å². The molecule has 0 spiro atoms. The maximum absolute atomic E-state index is 12.8. The van der Waals surface area contributed by atoms with Crippen molar-refractivity contribution in [2.45, 2.75) is 258 Å². The van der Waals surface area contributed by atoms with Crippen LogP contribution in [0.5, 0.6) is 0 Å². The van der Waals surface area contributed by atoms with Crippen molar-refractivity contribution in [1.82, 2.24) is 0 Å². The summed E-state index contributed by atoms with van der Waals surface area (Å²) in [5, 5.41) is 0. The molecule has 0 saturated carbocycles. The number of rotatable bonds is 51. The molecule has 0 N–H and O–H groups in total. The number of unbranched alkanes of at least 4 members (excludes halogenated alkanes) is 20. The van der Waals surface area contributed by atoms with E-state index in [1.165, 1.54) is 77.0 Å². The molecule has 0 radical (unpaired) electrons. The van der Waals surface area contributed by atoms with Gasteiger partial charge in [0.1, 0.15) is 13.2 Å². The molecule has 6 nitrogen and oxygen atoms in total.